The third-order valence-electron chi connectivity index (χ3n) is 7.75. The van der Waals surface area contributed by atoms with Crippen LogP contribution in [0.3, 0.4) is 0 Å². The first-order chi connectivity index (χ1) is 19.4. The molecular weight excluding hydrogens is 510 g/mol. The van der Waals surface area contributed by atoms with Crippen molar-refractivity contribution in [1.29, 1.82) is 0 Å². The second kappa shape index (κ2) is 12.5. The molecular formula is C32H35NO7. The highest BCUT2D eigenvalue weighted by Gasteiger charge is 2.41. The first-order valence-corrected chi connectivity index (χ1v) is 13.7. The number of hydrogen-bond donors (Lipinski definition) is 2. The minimum absolute atomic E-state index is 0.0782. The lowest BCUT2D eigenvalue weighted by Crippen LogP contribution is -2.51. The van der Waals surface area contributed by atoms with Gasteiger partial charge in [-0.05, 0) is 48.4 Å². The number of ether oxygens (including phenoxy) is 3. The summed E-state index contributed by atoms with van der Waals surface area (Å²) in [5, 5.41) is 20.2. The number of aliphatic hydroxyl groups excluding tert-OH is 1. The normalized spacial score (nSPS) is 21.2. The van der Waals surface area contributed by atoms with Crippen molar-refractivity contribution >= 4 is 11.9 Å². The molecule has 0 spiro atoms. The molecule has 3 aromatic rings. The number of carboxylic acids is 1. The summed E-state index contributed by atoms with van der Waals surface area (Å²) in [6.45, 7) is 0.404. The van der Waals surface area contributed by atoms with E-state index in [2.05, 4.69) is 0 Å². The summed E-state index contributed by atoms with van der Waals surface area (Å²) in [5.74, 6) is -0.469. The number of rotatable bonds is 9. The fraction of sp³-hybridized carbons (Fsp3) is 0.375. The van der Waals surface area contributed by atoms with Crippen LogP contribution in [0.4, 0.5) is 0 Å². The van der Waals surface area contributed by atoms with Gasteiger partial charge in [0.05, 0.1) is 19.3 Å². The predicted molar refractivity (Wildman–Crippen MR) is 148 cm³/mol. The van der Waals surface area contributed by atoms with Gasteiger partial charge in [-0.1, -0.05) is 66.7 Å². The second-order valence-electron chi connectivity index (χ2n) is 10.4. The quantitative estimate of drug-likeness (QED) is 0.402. The maximum atomic E-state index is 14.1. The molecule has 0 aromatic heterocycles. The largest absolute Gasteiger partial charge is 0.493 e. The Hall–Kier alpha value is -3.88. The van der Waals surface area contributed by atoms with Crippen LogP contribution in [0, 0.1) is 0 Å². The van der Waals surface area contributed by atoms with Crippen molar-refractivity contribution in [1.82, 2.24) is 4.90 Å². The Morgan fingerprint density at radius 1 is 0.950 bits per heavy atom. The number of methoxy groups -OCH3 is 1. The fourth-order valence-corrected chi connectivity index (χ4v) is 5.55. The Morgan fingerprint density at radius 3 is 2.27 bits per heavy atom. The molecule has 2 aliphatic rings. The minimum atomic E-state index is -1.10. The molecule has 8 heteroatoms. The van der Waals surface area contributed by atoms with E-state index in [4.69, 9.17) is 14.2 Å². The smallest absolute Gasteiger partial charge is 0.326 e. The van der Waals surface area contributed by atoms with E-state index in [0.29, 0.717) is 49.4 Å². The van der Waals surface area contributed by atoms with Gasteiger partial charge in [-0.2, -0.15) is 0 Å². The van der Waals surface area contributed by atoms with Crippen molar-refractivity contribution in [3.63, 3.8) is 0 Å². The van der Waals surface area contributed by atoms with E-state index in [1.54, 1.807) is 13.2 Å². The zero-order valence-corrected chi connectivity index (χ0v) is 22.6. The van der Waals surface area contributed by atoms with Crippen LogP contribution < -0.4 is 9.47 Å². The summed E-state index contributed by atoms with van der Waals surface area (Å²) in [4.78, 5) is 28.1. The Labute approximate surface area is 234 Å². The summed E-state index contributed by atoms with van der Waals surface area (Å²) in [6.07, 6.45) is 1.10. The molecule has 40 heavy (non-hydrogen) atoms. The van der Waals surface area contributed by atoms with Gasteiger partial charge in [0, 0.05) is 18.5 Å². The number of aliphatic hydroxyl groups is 1. The van der Waals surface area contributed by atoms with Crippen molar-refractivity contribution in [3.8, 4) is 11.5 Å². The van der Waals surface area contributed by atoms with Crippen LogP contribution in [0.5, 0.6) is 11.5 Å². The van der Waals surface area contributed by atoms with Crippen molar-refractivity contribution in [2.75, 3.05) is 7.11 Å². The van der Waals surface area contributed by atoms with Crippen molar-refractivity contribution < 1.29 is 34.0 Å². The van der Waals surface area contributed by atoms with Gasteiger partial charge < -0.3 is 29.3 Å². The van der Waals surface area contributed by atoms with E-state index in [0.717, 1.165) is 16.7 Å². The molecule has 1 heterocycles. The summed E-state index contributed by atoms with van der Waals surface area (Å²) < 4.78 is 18.1. The van der Waals surface area contributed by atoms with Gasteiger partial charge in [0.1, 0.15) is 12.6 Å². The molecule has 1 aliphatic heterocycles. The highest BCUT2D eigenvalue weighted by molar-refractivity contribution is 5.88. The van der Waals surface area contributed by atoms with Crippen molar-refractivity contribution in [3.05, 3.63) is 95.1 Å². The molecule has 3 aromatic carbocycles. The predicted octanol–water partition coefficient (Wildman–Crippen LogP) is 4.67. The molecule has 210 valence electrons. The number of carbonyl (C=O) groups is 2. The lowest BCUT2D eigenvalue weighted by atomic mass is 9.91. The maximum absolute atomic E-state index is 14.1. The molecule has 0 bridgehead atoms. The van der Waals surface area contributed by atoms with Crippen LogP contribution in [0.2, 0.25) is 0 Å². The number of nitrogens with zero attached hydrogens (tertiary/aromatic N) is 1. The molecule has 2 N–H and O–H groups in total. The average molecular weight is 546 g/mol. The van der Waals surface area contributed by atoms with Crippen LogP contribution in [0.15, 0.2) is 72.8 Å². The van der Waals surface area contributed by atoms with Gasteiger partial charge in [-0.3, -0.25) is 4.79 Å². The maximum Gasteiger partial charge on any atom is 0.326 e. The summed E-state index contributed by atoms with van der Waals surface area (Å²) in [5.41, 5.74) is 3.19. The Balaban J connectivity index is 1.44. The first-order valence-electron chi connectivity index (χ1n) is 13.7. The molecule has 1 aliphatic carbocycles. The van der Waals surface area contributed by atoms with E-state index >= 15 is 0 Å². The number of hydrogen-bond acceptors (Lipinski definition) is 6. The molecule has 8 nitrogen and oxygen atoms in total. The third kappa shape index (κ3) is 6.13. The standard InChI is InChI=1S/C32H35NO7/c1-38-28-17-12-23-19-33(27(32(36)37)18-26(23)30(28)39-20-21-8-4-2-5-9-21)31(35)29(22-10-6-3-7-11-22)40-25-15-13-24(34)14-16-25/h2-12,17,24-25,27,29,34H,13-16,18-20H2,1H3,(H,36,37)/t24-,25-,27-,29+/m0/s1. The zero-order valence-electron chi connectivity index (χ0n) is 22.6. The SMILES string of the molecule is COc1ccc2c(c1OCc1ccccc1)C[C@@H](C(=O)O)N(C(=O)[C@H](O[C@H]1CC[C@H](O)CC1)c1ccccc1)C2. The van der Waals surface area contributed by atoms with Crippen LogP contribution in [0.25, 0.3) is 0 Å². The summed E-state index contributed by atoms with van der Waals surface area (Å²) in [7, 11) is 1.55. The van der Waals surface area contributed by atoms with Crippen LogP contribution in [0.1, 0.15) is 54.0 Å². The number of carbonyl (C=O) groups excluding carboxylic acids is 1. The Morgan fingerprint density at radius 2 is 1.62 bits per heavy atom. The van der Waals surface area contributed by atoms with E-state index in [1.807, 2.05) is 66.7 Å². The van der Waals surface area contributed by atoms with Gasteiger partial charge in [-0.25, -0.2) is 4.79 Å². The van der Waals surface area contributed by atoms with Crippen LogP contribution in [-0.2, 0) is 33.9 Å². The van der Waals surface area contributed by atoms with Gasteiger partial charge in [0.15, 0.2) is 17.6 Å². The van der Waals surface area contributed by atoms with Gasteiger partial charge in [0.25, 0.3) is 5.91 Å². The van der Waals surface area contributed by atoms with Gasteiger partial charge in [0.2, 0.25) is 0 Å². The van der Waals surface area contributed by atoms with E-state index in [9.17, 15) is 19.8 Å². The number of amides is 1. The highest BCUT2D eigenvalue weighted by atomic mass is 16.5. The number of benzene rings is 3. The van der Waals surface area contributed by atoms with E-state index in [-0.39, 0.29) is 25.2 Å². The molecule has 0 unspecified atom stereocenters. The van der Waals surface area contributed by atoms with Crippen molar-refractivity contribution in [2.45, 2.75) is 69.6 Å². The second-order valence-corrected chi connectivity index (χ2v) is 10.4. The van der Waals surface area contributed by atoms with Gasteiger partial charge in [-0.15, -0.1) is 0 Å². The average Bonchev–Trinajstić information content (AvgIpc) is 2.99. The van der Waals surface area contributed by atoms with E-state index < -0.39 is 24.0 Å². The Bertz CT molecular complexity index is 1310. The molecule has 1 saturated carbocycles. The fourth-order valence-electron chi connectivity index (χ4n) is 5.55. The number of carboxylic acid groups (broad SMARTS) is 1. The molecule has 0 saturated heterocycles. The molecule has 1 fully saturated rings. The molecule has 0 radical (unpaired) electrons. The van der Waals surface area contributed by atoms with Crippen molar-refractivity contribution in [2.24, 2.45) is 0 Å². The summed E-state index contributed by atoms with van der Waals surface area (Å²) in [6, 6.07) is 21.5. The van der Waals surface area contributed by atoms with Crippen LogP contribution >= 0.6 is 0 Å². The lowest BCUT2D eigenvalue weighted by Gasteiger charge is -2.38. The monoisotopic (exact) mass is 545 g/mol. The van der Waals surface area contributed by atoms with E-state index in [1.165, 1.54) is 4.90 Å². The van der Waals surface area contributed by atoms with Crippen LogP contribution in [-0.4, -0.2) is 52.3 Å². The zero-order chi connectivity index (χ0) is 28.1. The molecule has 5 rings (SSSR count). The molecule has 2 atom stereocenters. The first kappa shape index (κ1) is 27.7. The number of aliphatic carboxylic acids is 1. The van der Waals surface area contributed by atoms with Gasteiger partial charge >= 0.3 is 5.97 Å². The lowest BCUT2D eigenvalue weighted by molar-refractivity contribution is -0.161. The topological polar surface area (TPSA) is 106 Å². The Kier molecular flexibility index (Phi) is 8.67. The third-order valence-corrected chi connectivity index (χ3v) is 7.75. The highest BCUT2D eigenvalue weighted by Crippen LogP contribution is 2.40. The molecule has 1 amide bonds. The number of fused-ring (bicyclic) bond motifs is 1. The summed E-state index contributed by atoms with van der Waals surface area (Å²) >= 11 is 0. The minimum Gasteiger partial charge on any atom is -0.493 e.